The third kappa shape index (κ3) is 3.40. The molecule has 0 radical (unpaired) electrons. The molecule has 0 fully saturated rings. The molecule has 2 rings (SSSR count). The highest BCUT2D eigenvalue weighted by molar-refractivity contribution is 5.41. The van der Waals surface area contributed by atoms with Gasteiger partial charge in [-0.3, -0.25) is 0 Å². The van der Waals surface area contributed by atoms with Gasteiger partial charge >= 0.3 is 6.18 Å². The highest BCUT2D eigenvalue weighted by atomic mass is 19.4. The number of ether oxygens (including phenoxy) is 1. The van der Waals surface area contributed by atoms with Crippen molar-refractivity contribution in [1.82, 2.24) is 0 Å². The molecule has 2 nitrogen and oxygen atoms in total. The van der Waals surface area contributed by atoms with Crippen molar-refractivity contribution in [2.45, 2.75) is 12.8 Å². The largest absolute Gasteiger partial charge is 0.488 e. The molecule has 0 saturated heterocycles. The van der Waals surface area contributed by atoms with Gasteiger partial charge in [-0.15, -0.1) is 0 Å². The van der Waals surface area contributed by atoms with Crippen molar-refractivity contribution in [2.24, 2.45) is 0 Å². The summed E-state index contributed by atoms with van der Waals surface area (Å²) in [7, 11) is 0. The highest BCUT2D eigenvalue weighted by Gasteiger charge is 2.33. The topological polar surface area (TPSA) is 35.2 Å². The van der Waals surface area contributed by atoms with Crippen molar-refractivity contribution < 1.29 is 17.9 Å². The van der Waals surface area contributed by atoms with E-state index in [1.54, 1.807) is 24.3 Å². The first-order valence-corrected chi connectivity index (χ1v) is 5.60. The third-order valence-corrected chi connectivity index (χ3v) is 2.54. The van der Waals surface area contributed by atoms with Crippen LogP contribution in [0.4, 0.5) is 18.9 Å². The fourth-order valence-electron chi connectivity index (χ4n) is 1.67. The number of rotatable bonds is 3. The molecule has 0 aliphatic carbocycles. The first-order valence-electron chi connectivity index (χ1n) is 5.60. The van der Waals surface area contributed by atoms with Crippen molar-refractivity contribution in [3.63, 3.8) is 0 Å². The second-order valence-electron chi connectivity index (χ2n) is 4.03. The second kappa shape index (κ2) is 5.22. The molecular formula is C14H12F3NO. The molecule has 2 aromatic carbocycles. The van der Waals surface area contributed by atoms with E-state index in [1.807, 2.05) is 0 Å². The summed E-state index contributed by atoms with van der Waals surface area (Å²) in [5.41, 5.74) is 6.08. The monoisotopic (exact) mass is 267 g/mol. The van der Waals surface area contributed by atoms with Gasteiger partial charge < -0.3 is 10.5 Å². The minimum absolute atomic E-state index is 0.0398. The normalized spacial score (nSPS) is 11.3. The summed E-state index contributed by atoms with van der Waals surface area (Å²) in [4.78, 5) is 0. The van der Waals surface area contributed by atoms with Crippen LogP contribution in [0.5, 0.6) is 5.75 Å². The Kier molecular flexibility index (Phi) is 3.64. The van der Waals surface area contributed by atoms with Gasteiger partial charge in [-0.2, -0.15) is 13.2 Å². The van der Waals surface area contributed by atoms with Gasteiger partial charge in [0.25, 0.3) is 0 Å². The van der Waals surface area contributed by atoms with Gasteiger partial charge in [-0.25, -0.2) is 0 Å². The molecule has 0 amide bonds. The molecule has 0 spiro atoms. The fourth-order valence-corrected chi connectivity index (χ4v) is 1.67. The maximum Gasteiger partial charge on any atom is 0.419 e. The number of para-hydroxylation sites is 1. The minimum atomic E-state index is -4.42. The van der Waals surface area contributed by atoms with Crippen molar-refractivity contribution >= 4 is 5.69 Å². The van der Waals surface area contributed by atoms with E-state index < -0.39 is 11.7 Å². The Morgan fingerprint density at radius 1 is 1.00 bits per heavy atom. The summed E-state index contributed by atoms with van der Waals surface area (Å²) in [6.45, 7) is 0.0398. The predicted molar refractivity (Wildman–Crippen MR) is 66.6 cm³/mol. The van der Waals surface area contributed by atoms with Gasteiger partial charge in [0.1, 0.15) is 12.4 Å². The fraction of sp³-hybridized carbons (Fsp3) is 0.143. The van der Waals surface area contributed by atoms with E-state index in [1.165, 1.54) is 18.2 Å². The number of hydrogen-bond donors (Lipinski definition) is 1. The summed E-state index contributed by atoms with van der Waals surface area (Å²) >= 11 is 0. The van der Waals surface area contributed by atoms with Crippen LogP contribution in [-0.2, 0) is 12.8 Å². The van der Waals surface area contributed by atoms with Gasteiger partial charge in [0.15, 0.2) is 0 Å². The summed E-state index contributed by atoms with van der Waals surface area (Å²) in [5.74, 6) is -0.183. The maximum absolute atomic E-state index is 12.7. The SMILES string of the molecule is Nc1cccc(COc2ccccc2C(F)(F)F)c1. The molecule has 0 aliphatic rings. The molecule has 0 aromatic heterocycles. The van der Waals surface area contributed by atoms with Gasteiger partial charge in [0.05, 0.1) is 5.56 Å². The van der Waals surface area contributed by atoms with Gasteiger partial charge in [0.2, 0.25) is 0 Å². The number of anilines is 1. The molecule has 2 N–H and O–H groups in total. The molecule has 2 aromatic rings. The van der Waals surface area contributed by atoms with E-state index in [-0.39, 0.29) is 12.4 Å². The van der Waals surface area contributed by atoms with Crippen LogP contribution in [0.3, 0.4) is 0 Å². The van der Waals surface area contributed by atoms with Crippen LogP contribution in [0.15, 0.2) is 48.5 Å². The van der Waals surface area contributed by atoms with E-state index in [0.29, 0.717) is 5.69 Å². The zero-order chi connectivity index (χ0) is 13.9. The predicted octanol–water partition coefficient (Wildman–Crippen LogP) is 3.87. The van der Waals surface area contributed by atoms with Crippen molar-refractivity contribution in [3.8, 4) is 5.75 Å². The van der Waals surface area contributed by atoms with Crippen LogP contribution in [0.25, 0.3) is 0 Å². The van der Waals surface area contributed by atoms with E-state index in [9.17, 15) is 13.2 Å². The summed E-state index contributed by atoms with van der Waals surface area (Å²) < 4.78 is 43.4. The molecule has 5 heteroatoms. The molecule has 0 bridgehead atoms. The van der Waals surface area contributed by atoms with Crippen LogP contribution < -0.4 is 10.5 Å². The first kappa shape index (κ1) is 13.3. The van der Waals surface area contributed by atoms with Crippen molar-refractivity contribution in [2.75, 3.05) is 5.73 Å². The molecule has 0 unspecified atom stereocenters. The van der Waals surface area contributed by atoms with Crippen LogP contribution >= 0.6 is 0 Å². The zero-order valence-corrected chi connectivity index (χ0v) is 9.95. The van der Waals surface area contributed by atoms with E-state index >= 15 is 0 Å². The highest BCUT2D eigenvalue weighted by Crippen LogP contribution is 2.36. The van der Waals surface area contributed by atoms with Crippen LogP contribution in [0, 0.1) is 0 Å². The average molecular weight is 267 g/mol. The molecule has 19 heavy (non-hydrogen) atoms. The lowest BCUT2D eigenvalue weighted by molar-refractivity contribution is -0.139. The number of benzene rings is 2. The molecular weight excluding hydrogens is 255 g/mol. The molecule has 100 valence electrons. The Labute approximate surface area is 108 Å². The van der Waals surface area contributed by atoms with Gasteiger partial charge in [-0.05, 0) is 29.8 Å². The van der Waals surface area contributed by atoms with Crippen LogP contribution in [0.2, 0.25) is 0 Å². The smallest absolute Gasteiger partial charge is 0.419 e. The number of halogens is 3. The maximum atomic E-state index is 12.7. The Bertz CT molecular complexity index is 567. The molecule has 0 atom stereocenters. The molecule has 0 saturated carbocycles. The van der Waals surface area contributed by atoms with Crippen LogP contribution in [0.1, 0.15) is 11.1 Å². The van der Waals surface area contributed by atoms with Gasteiger partial charge in [-0.1, -0.05) is 24.3 Å². The molecule has 0 aliphatic heterocycles. The Balaban J connectivity index is 2.16. The number of nitrogens with two attached hydrogens (primary N) is 1. The van der Waals surface area contributed by atoms with Crippen molar-refractivity contribution in [3.05, 3.63) is 59.7 Å². The summed E-state index contributed by atoms with van der Waals surface area (Å²) in [5, 5.41) is 0. The lowest BCUT2D eigenvalue weighted by atomic mass is 10.2. The minimum Gasteiger partial charge on any atom is -0.488 e. The number of nitrogen functional groups attached to an aromatic ring is 1. The quantitative estimate of drug-likeness (QED) is 0.857. The lowest BCUT2D eigenvalue weighted by Gasteiger charge is -2.13. The Hall–Kier alpha value is -2.17. The van der Waals surface area contributed by atoms with Gasteiger partial charge in [0, 0.05) is 5.69 Å². The third-order valence-electron chi connectivity index (χ3n) is 2.54. The second-order valence-corrected chi connectivity index (χ2v) is 4.03. The first-order chi connectivity index (χ1) is 8.97. The van der Waals surface area contributed by atoms with Crippen molar-refractivity contribution in [1.29, 1.82) is 0 Å². The van der Waals surface area contributed by atoms with E-state index in [0.717, 1.165) is 11.6 Å². The Morgan fingerprint density at radius 2 is 1.74 bits per heavy atom. The summed E-state index contributed by atoms with van der Waals surface area (Å²) in [6, 6.07) is 12.0. The number of hydrogen-bond acceptors (Lipinski definition) is 2. The standard InChI is InChI=1S/C14H12F3NO/c15-14(16,17)12-6-1-2-7-13(12)19-9-10-4-3-5-11(18)8-10/h1-8H,9,18H2. The zero-order valence-electron chi connectivity index (χ0n) is 9.95. The molecule has 0 heterocycles. The van der Waals surface area contributed by atoms with E-state index in [4.69, 9.17) is 10.5 Å². The average Bonchev–Trinajstić information content (AvgIpc) is 2.36. The lowest BCUT2D eigenvalue weighted by Crippen LogP contribution is -2.08. The van der Waals surface area contributed by atoms with Crippen LogP contribution in [-0.4, -0.2) is 0 Å². The van der Waals surface area contributed by atoms with E-state index in [2.05, 4.69) is 0 Å². The number of alkyl halides is 3. The summed E-state index contributed by atoms with van der Waals surface area (Å²) in [6.07, 6.45) is -4.42. The Morgan fingerprint density at radius 3 is 2.42 bits per heavy atom.